The largest absolute Gasteiger partial charge is 0.273 e. The van der Waals surface area contributed by atoms with Crippen molar-refractivity contribution in [3.05, 3.63) is 58.6 Å². The van der Waals surface area contributed by atoms with Crippen molar-refractivity contribution in [1.29, 1.82) is 0 Å². The Bertz CT molecular complexity index is 890. The standard InChI is InChI=1S/C20H18Cl2N2O3/c1-2-6-16-17-18(27-24(16)13-9-10-14(21)15(22)11-13)20(26)23(19(17)25)12-7-4-3-5-8-12/h3-5,7-11,16-18H,2,6H2,1H3/t16-,17+,18-/m1/s1. The molecule has 2 heterocycles. The van der Waals surface area contributed by atoms with Gasteiger partial charge in [0.05, 0.1) is 33.4 Å². The molecule has 140 valence electrons. The molecule has 4 rings (SSSR count). The highest BCUT2D eigenvalue weighted by molar-refractivity contribution is 6.42. The number of carbonyl (C=O) groups excluding carboxylic acids is 2. The Morgan fingerprint density at radius 1 is 0.963 bits per heavy atom. The molecule has 0 spiro atoms. The van der Waals surface area contributed by atoms with Gasteiger partial charge in [0.25, 0.3) is 5.91 Å². The number of amides is 2. The molecule has 2 amide bonds. The summed E-state index contributed by atoms with van der Waals surface area (Å²) in [5, 5.41) is 2.49. The van der Waals surface area contributed by atoms with Crippen LogP contribution in [0.5, 0.6) is 0 Å². The van der Waals surface area contributed by atoms with Crippen LogP contribution in [0.1, 0.15) is 19.8 Å². The Labute approximate surface area is 167 Å². The number of halogens is 2. The summed E-state index contributed by atoms with van der Waals surface area (Å²) < 4.78 is 0. The highest BCUT2D eigenvalue weighted by atomic mass is 35.5. The molecule has 2 aliphatic rings. The van der Waals surface area contributed by atoms with Crippen molar-refractivity contribution in [2.24, 2.45) is 5.92 Å². The SMILES string of the molecule is CCC[C@@H]1[C@@H]2C(=O)N(c3ccccc3)C(=O)[C@@H]2ON1c1ccc(Cl)c(Cl)c1. The topological polar surface area (TPSA) is 49.9 Å². The van der Waals surface area contributed by atoms with E-state index in [1.807, 2.05) is 13.0 Å². The van der Waals surface area contributed by atoms with Gasteiger partial charge in [-0.3, -0.25) is 14.4 Å². The highest BCUT2D eigenvalue weighted by Gasteiger charge is 2.59. The summed E-state index contributed by atoms with van der Waals surface area (Å²) in [5.74, 6) is -1.11. The van der Waals surface area contributed by atoms with Crippen LogP contribution in [0.2, 0.25) is 10.0 Å². The summed E-state index contributed by atoms with van der Waals surface area (Å²) >= 11 is 12.1. The first-order chi connectivity index (χ1) is 13.0. The fourth-order valence-electron chi connectivity index (χ4n) is 3.79. The van der Waals surface area contributed by atoms with Gasteiger partial charge in [-0.25, -0.2) is 9.96 Å². The van der Waals surface area contributed by atoms with E-state index in [-0.39, 0.29) is 17.9 Å². The van der Waals surface area contributed by atoms with E-state index in [1.165, 1.54) is 4.90 Å². The lowest BCUT2D eigenvalue weighted by molar-refractivity contribution is -0.126. The van der Waals surface area contributed by atoms with Gasteiger partial charge in [0.15, 0.2) is 6.10 Å². The molecule has 0 aromatic heterocycles. The van der Waals surface area contributed by atoms with Crippen LogP contribution in [-0.2, 0) is 14.4 Å². The van der Waals surface area contributed by atoms with Crippen LogP contribution in [0, 0.1) is 5.92 Å². The van der Waals surface area contributed by atoms with Crippen molar-refractivity contribution >= 4 is 46.4 Å². The van der Waals surface area contributed by atoms with Gasteiger partial charge in [0.1, 0.15) is 0 Å². The van der Waals surface area contributed by atoms with Crippen LogP contribution in [0.15, 0.2) is 48.5 Å². The van der Waals surface area contributed by atoms with Gasteiger partial charge in [0.2, 0.25) is 5.91 Å². The van der Waals surface area contributed by atoms with Gasteiger partial charge in [-0.1, -0.05) is 54.7 Å². The van der Waals surface area contributed by atoms with E-state index in [0.29, 0.717) is 27.8 Å². The van der Waals surface area contributed by atoms with Crippen molar-refractivity contribution in [2.45, 2.75) is 31.9 Å². The van der Waals surface area contributed by atoms with E-state index in [0.717, 1.165) is 6.42 Å². The number of hydrogen-bond donors (Lipinski definition) is 0. The smallest absolute Gasteiger partial charge is 0.266 e. The molecule has 2 aromatic rings. The number of anilines is 2. The lowest BCUT2D eigenvalue weighted by Crippen LogP contribution is -2.40. The Morgan fingerprint density at radius 2 is 1.70 bits per heavy atom. The lowest BCUT2D eigenvalue weighted by atomic mass is 9.93. The van der Waals surface area contributed by atoms with Gasteiger partial charge in [0, 0.05) is 0 Å². The maximum Gasteiger partial charge on any atom is 0.266 e. The number of fused-ring (bicyclic) bond motifs is 1. The van der Waals surface area contributed by atoms with Gasteiger partial charge in [-0.15, -0.1) is 0 Å². The van der Waals surface area contributed by atoms with E-state index < -0.39 is 12.0 Å². The minimum absolute atomic E-state index is 0.225. The monoisotopic (exact) mass is 404 g/mol. The molecule has 0 bridgehead atoms. The van der Waals surface area contributed by atoms with Crippen LogP contribution >= 0.6 is 23.2 Å². The fourth-order valence-corrected chi connectivity index (χ4v) is 4.08. The van der Waals surface area contributed by atoms with Crippen molar-refractivity contribution < 1.29 is 14.4 Å². The van der Waals surface area contributed by atoms with Crippen LogP contribution in [0.3, 0.4) is 0 Å². The number of benzene rings is 2. The molecule has 0 unspecified atom stereocenters. The summed E-state index contributed by atoms with van der Waals surface area (Å²) in [7, 11) is 0. The second kappa shape index (κ2) is 7.15. The average molecular weight is 405 g/mol. The first-order valence-corrected chi connectivity index (χ1v) is 9.62. The second-order valence-corrected chi connectivity index (χ2v) is 7.49. The molecular weight excluding hydrogens is 387 g/mol. The van der Waals surface area contributed by atoms with E-state index in [4.69, 9.17) is 28.0 Å². The number of imide groups is 1. The number of para-hydroxylation sites is 1. The minimum Gasteiger partial charge on any atom is -0.273 e. The van der Waals surface area contributed by atoms with E-state index in [2.05, 4.69) is 0 Å². The molecule has 0 saturated carbocycles. The van der Waals surface area contributed by atoms with E-state index >= 15 is 0 Å². The van der Waals surface area contributed by atoms with Crippen LogP contribution in [0.25, 0.3) is 0 Å². The maximum absolute atomic E-state index is 13.1. The molecule has 2 saturated heterocycles. The van der Waals surface area contributed by atoms with E-state index in [1.54, 1.807) is 47.5 Å². The third-order valence-corrected chi connectivity index (χ3v) is 5.73. The number of rotatable bonds is 4. The molecule has 0 N–H and O–H groups in total. The Balaban J connectivity index is 1.69. The minimum atomic E-state index is -0.830. The molecule has 3 atom stereocenters. The zero-order chi connectivity index (χ0) is 19.1. The predicted octanol–water partition coefficient (Wildman–Crippen LogP) is 4.47. The maximum atomic E-state index is 13.1. The predicted molar refractivity (Wildman–Crippen MR) is 105 cm³/mol. The number of carbonyl (C=O) groups is 2. The van der Waals surface area contributed by atoms with Gasteiger partial charge in [-0.2, -0.15) is 0 Å². The zero-order valence-electron chi connectivity index (χ0n) is 14.6. The third-order valence-electron chi connectivity index (χ3n) is 4.99. The fraction of sp³-hybridized carbons (Fsp3) is 0.300. The lowest BCUT2D eigenvalue weighted by Gasteiger charge is -2.28. The molecule has 2 aliphatic heterocycles. The molecular formula is C20H18Cl2N2O3. The van der Waals surface area contributed by atoms with Crippen LogP contribution in [-0.4, -0.2) is 24.0 Å². The summed E-state index contributed by atoms with van der Waals surface area (Å²) in [4.78, 5) is 33.3. The molecule has 5 nitrogen and oxygen atoms in total. The zero-order valence-corrected chi connectivity index (χ0v) is 16.2. The quantitative estimate of drug-likeness (QED) is 0.705. The van der Waals surface area contributed by atoms with Crippen molar-refractivity contribution in [1.82, 2.24) is 0 Å². The number of hydrogen-bond acceptors (Lipinski definition) is 4. The summed E-state index contributed by atoms with van der Waals surface area (Å²) in [6.07, 6.45) is 0.731. The molecule has 27 heavy (non-hydrogen) atoms. The molecule has 2 fully saturated rings. The Hall–Kier alpha value is -2.08. The van der Waals surface area contributed by atoms with Gasteiger partial charge >= 0.3 is 0 Å². The summed E-state index contributed by atoms with van der Waals surface area (Å²) in [5.41, 5.74) is 1.26. The summed E-state index contributed by atoms with van der Waals surface area (Å²) in [6.45, 7) is 2.04. The van der Waals surface area contributed by atoms with Gasteiger partial charge in [-0.05, 0) is 36.8 Å². The molecule has 7 heteroatoms. The number of hydroxylamine groups is 1. The number of nitrogens with zero attached hydrogens (tertiary/aromatic N) is 2. The van der Waals surface area contributed by atoms with Crippen molar-refractivity contribution in [2.75, 3.05) is 9.96 Å². The van der Waals surface area contributed by atoms with Crippen molar-refractivity contribution in [3.8, 4) is 0 Å². The summed E-state index contributed by atoms with van der Waals surface area (Å²) in [6, 6.07) is 13.9. The third kappa shape index (κ3) is 3.00. The van der Waals surface area contributed by atoms with Gasteiger partial charge < -0.3 is 0 Å². The molecule has 0 radical (unpaired) electrons. The molecule has 0 aliphatic carbocycles. The van der Waals surface area contributed by atoms with Crippen molar-refractivity contribution in [3.63, 3.8) is 0 Å². The molecule has 2 aromatic carbocycles. The average Bonchev–Trinajstić information content (AvgIpc) is 3.15. The normalized spacial score (nSPS) is 24.6. The Kier molecular flexibility index (Phi) is 4.84. The first-order valence-electron chi connectivity index (χ1n) is 8.87. The highest BCUT2D eigenvalue weighted by Crippen LogP contribution is 2.42. The second-order valence-electron chi connectivity index (χ2n) is 6.68. The van der Waals surface area contributed by atoms with Crippen LogP contribution in [0.4, 0.5) is 11.4 Å². The Morgan fingerprint density at radius 3 is 2.37 bits per heavy atom. The van der Waals surface area contributed by atoms with Crippen LogP contribution < -0.4 is 9.96 Å². The first kappa shape index (κ1) is 18.3. The van der Waals surface area contributed by atoms with E-state index in [9.17, 15) is 9.59 Å².